The van der Waals surface area contributed by atoms with Gasteiger partial charge in [0.2, 0.25) is 0 Å². The summed E-state index contributed by atoms with van der Waals surface area (Å²) in [6, 6.07) is 0. The highest BCUT2D eigenvalue weighted by molar-refractivity contribution is 7.91. The van der Waals surface area contributed by atoms with E-state index in [1.807, 2.05) is 0 Å². The van der Waals surface area contributed by atoms with Crippen molar-refractivity contribution in [3.8, 4) is 0 Å². The van der Waals surface area contributed by atoms with E-state index in [-0.39, 0.29) is 11.8 Å². The second kappa shape index (κ2) is 5.89. The molecule has 1 aliphatic carbocycles. The summed E-state index contributed by atoms with van der Waals surface area (Å²) in [7, 11) is -3.05. The molecule has 0 heterocycles. The van der Waals surface area contributed by atoms with Crippen LogP contribution in [0.15, 0.2) is 0 Å². The molecule has 20 heavy (non-hydrogen) atoms. The minimum absolute atomic E-state index is 0.0817. The van der Waals surface area contributed by atoms with Gasteiger partial charge in [0, 0.05) is 12.8 Å². The van der Waals surface area contributed by atoms with Crippen molar-refractivity contribution in [2.24, 2.45) is 0 Å². The third-order valence-corrected chi connectivity index (χ3v) is 5.11. The number of carbonyl (C=O) groups is 1. The number of aliphatic hydroxyl groups is 1. The molecule has 7 heteroatoms. The predicted molar refractivity (Wildman–Crippen MR) is 76.3 cm³/mol. The Morgan fingerprint density at radius 1 is 1.35 bits per heavy atom. The second-order valence-corrected chi connectivity index (χ2v) is 8.93. The van der Waals surface area contributed by atoms with Gasteiger partial charge in [0.05, 0.1) is 10.9 Å². The van der Waals surface area contributed by atoms with Gasteiger partial charge in [-0.2, -0.15) is 0 Å². The fourth-order valence-corrected chi connectivity index (χ4v) is 3.38. The molecule has 1 amide bonds. The van der Waals surface area contributed by atoms with Crippen molar-refractivity contribution in [3.63, 3.8) is 0 Å². The molecule has 1 aliphatic rings. The summed E-state index contributed by atoms with van der Waals surface area (Å²) < 4.78 is 28.0. The molecular formula is C13H25NO5S. The number of amides is 1. The monoisotopic (exact) mass is 307 g/mol. The van der Waals surface area contributed by atoms with Crippen LogP contribution in [0.2, 0.25) is 0 Å². The number of hydrogen-bond donors (Lipinski definition) is 2. The van der Waals surface area contributed by atoms with Crippen molar-refractivity contribution in [1.29, 1.82) is 0 Å². The van der Waals surface area contributed by atoms with Gasteiger partial charge in [-0.15, -0.1) is 0 Å². The fourth-order valence-electron chi connectivity index (χ4n) is 2.28. The summed E-state index contributed by atoms with van der Waals surface area (Å²) in [5, 5.41) is 12.5. The topological polar surface area (TPSA) is 92.7 Å². The molecular weight excluding hydrogens is 282 g/mol. The maximum atomic E-state index is 11.5. The minimum atomic E-state index is -3.05. The Morgan fingerprint density at radius 3 is 2.25 bits per heavy atom. The van der Waals surface area contributed by atoms with E-state index in [4.69, 9.17) is 4.74 Å². The van der Waals surface area contributed by atoms with Crippen LogP contribution >= 0.6 is 0 Å². The lowest BCUT2D eigenvalue weighted by molar-refractivity contribution is -0.000693. The largest absolute Gasteiger partial charge is 0.444 e. The third kappa shape index (κ3) is 5.66. The van der Waals surface area contributed by atoms with E-state index in [1.54, 1.807) is 20.8 Å². The Kier molecular flexibility index (Phi) is 5.08. The fraction of sp³-hybridized carbons (Fsp3) is 0.923. The third-order valence-electron chi connectivity index (χ3n) is 3.43. The Morgan fingerprint density at radius 2 is 1.85 bits per heavy atom. The first-order valence-corrected chi connectivity index (χ1v) is 8.75. The molecule has 0 spiro atoms. The number of carbonyl (C=O) groups excluding carboxylic acids is 1. The summed E-state index contributed by atoms with van der Waals surface area (Å²) in [5.41, 5.74) is -1.63. The predicted octanol–water partition coefficient (Wildman–Crippen LogP) is 1.23. The first kappa shape index (κ1) is 17.2. The van der Waals surface area contributed by atoms with Crippen molar-refractivity contribution >= 4 is 15.9 Å². The highest BCUT2D eigenvalue weighted by atomic mass is 32.2. The SMILES string of the molecule is CC(C)(C)OC(=O)NCC1(O)CCC(S(C)(=O)=O)CC1. The number of alkyl carbamates (subject to hydrolysis) is 1. The molecule has 0 radical (unpaired) electrons. The maximum absolute atomic E-state index is 11.5. The summed E-state index contributed by atoms with van der Waals surface area (Å²) in [6.07, 6.45) is 2.22. The first-order chi connectivity index (χ1) is 8.91. The van der Waals surface area contributed by atoms with E-state index in [0.29, 0.717) is 25.7 Å². The van der Waals surface area contributed by atoms with Gasteiger partial charge in [0.25, 0.3) is 0 Å². The van der Waals surface area contributed by atoms with Crippen LogP contribution in [-0.2, 0) is 14.6 Å². The van der Waals surface area contributed by atoms with Crippen LogP contribution in [-0.4, -0.2) is 48.9 Å². The molecule has 0 aromatic carbocycles. The number of nitrogens with one attached hydrogen (secondary N) is 1. The van der Waals surface area contributed by atoms with Crippen molar-refractivity contribution in [1.82, 2.24) is 5.32 Å². The average molecular weight is 307 g/mol. The van der Waals surface area contributed by atoms with Gasteiger partial charge in [0.15, 0.2) is 0 Å². The van der Waals surface area contributed by atoms with Gasteiger partial charge in [0.1, 0.15) is 15.4 Å². The Bertz CT molecular complexity index is 444. The lowest BCUT2D eigenvalue weighted by atomic mass is 9.84. The van der Waals surface area contributed by atoms with E-state index < -0.39 is 27.1 Å². The molecule has 2 N–H and O–H groups in total. The van der Waals surface area contributed by atoms with Crippen LogP contribution < -0.4 is 5.32 Å². The van der Waals surface area contributed by atoms with E-state index in [1.165, 1.54) is 6.26 Å². The highest BCUT2D eigenvalue weighted by Gasteiger charge is 2.37. The normalized spacial score (nSPS) is 27.9. The second-order valence-electron chi connectivity index (χ2n) is 6.61. The van der Waals surface area contributed by atoms with Gasteiger partial charge in [-0.1, -0.05) is 0 Å². The zero-order chi connectivity index (χ0) is 15.6. The molecule has 0 aliphatic heterocycles. The molecule has 6 nitrogen and oxygen atoms in total. The zero-order valence-electron chi connectivity index (χ0n) is 12.6. The Labute approximate surface area is 120 Å². The van der Waals surface area contributed by atoms with Crippen LogP contribution in [0, 0.1) is 0 Å². The quantitative estimate of drug-likeness (QED) is 0.818. The van der Waals surface area contributed by atoms with Gasteiger partial charge in [-0.3, -0.25) is 0 Å². The molecule has 0 aromatic rings. The molecule has 0 unspecified atom stereocenters. The average Bonchev–Trinajstić information content (AvgIpc) is 2.23. The van der Waals surface area contributed by atoms with Crippen molar-refractivity contribution in [2.45, 2.75) is 62.9 Å². The van der Waals surface area contributed by atoms with Crippen molar-refractivity contribution in [3.05, 3.63) is 0 Å². The van der Waals surface area contributed by atoms with Crippen LogP contribution in [0.1, 0.15) is 46.5 Å². The number of rotatable bonds is 3. The van der Waals surface area contributed by atoms with Gasteiger partial charge >= 0.3 is 6.09 Å². The molecule has 118 valence electrons. The Balaban J connectivity index is 2.44. The first-order valence-electron chi connectivity index (χ1n) is 6.79. The number of sulfone groups is 1. The number of ether oxygens (including phenoxy) is 1. The lowest BCUT2D eigenvalue weighted by Crippen LogP contribution is -2.48. The van der Waals surface area contributed by atoms with E-state index in [2.05, 4.69) is 5.32 Å². The standard InChI is InChI=1S/C13H25NO5S/c1-12(2,3)19-11(15)14-9-13(16)7-5-10(6-8-13)20(4,17)18/h10,16H,5-9H2,1-4H3,(H,14,15). The van der Waals surface area contributed by atoms with Crippen LogP contribution in [0.4, 0.5) is 4.79 Å². The molecule has 1 saturated carbocycles. The molecule has 0 bridgehead atoms. The summed E-state index contributed by atoms with van der Waals surface area (Å²) in [6.45, 7) is 5.37. The molecule has 0 saturated heterocycles. The van der Waals surface area contributed by atoms with E-state index >= 15 is 0 Å². The summed E-state index contributed by atoms with van der Waals surface area (Å²) in [4.78, 5) is 11.5. The van der Waals surface area contributed by atoms with Gasteiger partial charge < -0.3 is 15.2 Å². The molecule has 1 rings (SSSR count). The molecule has 0 atom stereocenters. The smallest absolute Gasteiger partial charge is 0.407 e. The van der Waals surface area contributed by atoms with E-state index in [9.17, 15) is 18.3 Å². The molecule has 0 aromatic heterocycles. The van der Waals surface area contributed by atoms with Crippen molar-refractivity contribution < 1.29 is 23.1 Å². The zero-order valence-corrected chi connectivity index (χ0v) is 13.4. The van der Waals surface area contributed by atoms with Crippen LogP contribution in [0.3, 0.4) is 0 Å². The van der Waals surface area contributed by atoms with Gasteiger partial charge in [-0.25, -0.2) is 13.2 Å². The molecule has 1 fully saturated rings. The van der Waals surface area contributed by atoms with Crippen molar-refractivity contribution in [2.75, 3.05) is 12.8 Å². The van der Waals surface area contributed by atoms with E-state index in [0.717, 1.165) is 0 Å². The number of hydrogen-bond acceptors (Lipinski definition) is 5. The highest BCUT2D eigenvalue weighted by Crippen LogP contribution is 2.31. The van der Waals surface area contributed by atoms with Gasteiger partial charge in [-0.05, 0) is 46.5 Å². The summed E-state index contributed by atoms with van der Waals surface area (Å²) in [5.74, 6) is 0. The Hall–Kier alpha value is -0.820. The lowest BCUT2D eigenvalue weighted by Gasteiger charge is -2.35. The maximum Gasteiger partial charge on any atom is 0.407 e. The van der Waals surface area contributed by atoms with Crippen LogP contribution in [0.5, 0.6) is 0 Å². The summed E-state index contributed by atoms with van der Waals surface area (Å²) >= 11 is 0. The van der Waals surface area contributed by atoms with Crippen LogP contribution in [0.25, 0.3) is 0 Å². The minimum Gasteiger partial charge on any atom is -0.444 e.